The second-order valence-electron chi connectivity index (χ2n) is 2.12. The molecular weight excluding hydrogens is 190 g/mol. The largest absolute Gasteiger partial charge is 0.261 e. The molecule has 0 unspecified atom stereocenters. The van der Waals surface area contributed by atoms with Crippen molar-refractivity contribution in [3.05, 3.63) is 29.6 Å². The zero-order valence-corrected chi connectivity index (χ0v) is 8.01. The number of hydrogen-bond acceptors (Lipinski definition) is 1. The fourth-order valence-electron chi connectivity index (χ4n) is 0.889. The van der Waals surface area contributed by atoms with Crippen molar-refractivity contribution >= 4 is 17.0 Å². The summed E-state index contributed by atoms with van der Waals surface area (Å²) in [6, 6.07) is 4.06. The summed E-state index contributed by atoms with van der Waals surface area (Å²) in [6.07, 6.45) is 2.87. The summed E-state index contributed by atoms with van der Waals surface area (Å²) in [5, 5.41) is 0. The van der Waals surface area contributed by atoms with Gasteiger partial charge in [0.15, 0.2) is 0 Å². The molecule has 56 valence electrons. The molecule has 0 aliphatic rings. The summed E-state index contributed by atoms with van der Waals surface area (Å²) < 4.78 is 0. The maximum absolute atomic E-state index is 4.20. The third-order valence-electron chi connectivity index (χ3n) is 1.45. The van der Waals surface area contributed by atoms with Crippen molar-refractivity contribution in [2.75, 3.05) is 0 Å². The van der Waals surface area contributed by atoms with Crippen LogP contribution in [0.2, 0.25) is 0 Å². The van der Waals surface area contributed by atoms with Crippen LogP contribution in [0.3, 0.4) is 0 Å². The summed E-state index contributed by atoms with van der Waals surface area (Å²) in [7, 11) is 0. The van der Waals surface area contributed by atoms with E-state index in [0.29, 0.717) is 0 Å². The molecule has 0 amide bonds. The summed E-state index contributed by atoms with van der Waals surface area (Å²) in [4.78, 5) is 4.20. The van der Waals surface area contributed by atoms with Crippen LogP contribution < -0.4 is 0 Å². The van der Waals surface area contributed by atoms with Gasteiger partial charge < -0.3 is 0 Å². The standard InChI is InChI=1S/C8H11N.BrH/c1-3-8-7(2)5-4-6-9-8;/h4-6H,3H2,1-2H3;1H. The van der Waals surface area contributed by atoms with Crippen LogP contribution in [-0.2, 0) is 6.42 Å². The number of halogens is 1. The first-order valence-corrected chi connectivity index (χ1v) is 3.25. The second-order valence-corrected chi connectivity index (χ2v) is 2.12. The summed E-state index contributed by atoms with van der Waals surface area (Å²) in [6.45, 7) is 4.21. The van der Waals surface area contributed by atoms with Crippen LogP contribution in [0.25, 0.3) is 0 Å². The Bertz CT molecular complexity index is 198. The van der Waals surface area contributed by atoms with Gasteiger partial charge in [-0.25, -0.2) is 0 Å². The predicted molar refractivity (Wildman–Crippen MR) is 48.7 cm³/mol. The maximum Gasteiger partial charge on any atom is 0.0429 e. The van der Waals surface area contributed by atoms with Crippen molar-refractivity contribution in [1.29, 1.82) is 0 Å². The predicted octanol–water partition coefficient (Wildman–Crippen LogP) is 2.53. The van der Waals surface area contributed by atoms with Gasteiger partial charge in [0, 0.05) is 11.9 Å². The van der Waals surface area contributed by atoms with Crippen LogP contribution in [0.15, 0.2) is 18.3 Å². The first-order chi connectivity index (χ1) is 4.34. The van der Waals surface area contributed by atoms with Gasteiger partial charge in [0.25, 0.3) is 0 Å². The number of rotatable bonds is 1. The first-order valence-electron chi connectivity index (χ1n) is 3.25. The van der Waals surface area contributed by atoms with Crippen molar-refractivity contribution < 1.29 is 0 Å². The lowest BCUT2D eigenvalue weighted by molar-refractivity contribution is 1.01. The van der Waals surface area contributed by atoms with Crippen LogP contribution in [0.1, 0.15) is 18.2 Å². The number of aryl methyl sites for hydroxylation is 2. The van der Waals surface area contributed by atoms with Gasteiger partial charge in [-0.2, -0.15) is 0 Å². The number of aromatic nitrogens is 1. The Kier molecular flexibility index (Phi) is 4.28. The summed E-state index contributed by atoms with van der Waals surface area (Å²) in [5.74, 6) is 0. The average Bonchev–Trinajstić information content (AvgIpc) is 1.89. The fourth-order valence-corrected chi connectivity index (χ4v) is 0.889. The molecule has 1 nitrogen and oxygen atoms in total. The minimum atomic E-state index is 0. The molecule has 1 aromatic rings. The Morgan fingerprint density at radius 2 is 2.20 bits per heavy atom. The molecule has 0 atom stereocenters. The highest BCUT2D eigenvalue weighted by atomic mass is 79.9. The van der Waals surface area contributed by atoms with E-state index in [1.54, 1.807) is 0 Å². The molecule has 1 aromatic heterocycles. The van der Waals surface area contributed by atoms with E-state index < -0.39 is 0 Å². The monoisotopic (exact) mass is 201 g/mol. The van der Waals surface area contributed by atoms with E-state index in [2.05, 4.69) is 24.9 Å². The fraction of sp³-hybridized carbons (Fsp3) is 0.375. The Balaban J connectivity index is 0.000000810. The Morgan fingerprint density at radius 1 is 1.50 bits per heavy atom. The topological polar surface area (TPSA) is 12.9 Å². The lowest BCUT2D eigenvalue weighted by atomic mass is 10.2. The van der Waals surface area contributed by atoms with Crippen LogP contribution in [0, 0.1) is 6.92 Å². The highest BCUT2D eigenvalue weighted by Gasteiger charge is 1.91. The highest BCUT2D eigenvalue weighted by Crippen LogP contribution is 2.01. The van der Waals surface area contributed by atoms with E-state index in [1.807, 2.05) is 12.3 Å². The van der Waals surface area contributed by atoms with E-state index in [-0.39, 0.29) is 17.0 Å². The molecule has 0 spiro atoms. The minimum absolute atomic E-state index is 0. The molecule has 1 rings (SSSR count). The van der Waals surface area contributed by atoms with Gasteiger partial charge in [-0.3, -0.25) is 4.98 Å². The van der Waals surface area contributed by atoms with E-state index in [4.69, 9.17) is 0 Å². The summed E-state index contributed by atoms with van der Waals surface area (Å²) in [5.41, 5.74) is 2.50. The van der Waals surface area contributed by atoms with Crippen molar-refractivity contribution in [2.24, 2.45) is 0 Å². The molecule has 0 aliphatic heterocycles. The van der Waals surface area contributed by atoms with Gasteiger partial charge in [0.1, 0.15) is 0 Å². The van der Waals surface area contributed by atoms with E-state index in [9.17, 15) is 0 Å². The van der Waals surface area contributed by atoms with Crippen LogP contribution in [0.4, 0.5) is 0 Å². The van der Waals surface area contributed by atoms with Gasteiger partial charge in [-0.15, -0.1) is 17.0 Å². The molecule has 0 radical (unpaired) electrons. The van der Waals surface area contributed by atoms with Crippen molar-refractivity contribution in [3.8, 4) is 0 Å². The lowest BCUT2D eigenvalue weighted by Crippen LogP contribution is -1.88. The zero-order chi connectivity index (χ0) is 6.69. The number of nitrogens with zero attached hydrogens (tertiary/aromatic N) is 1. The Hall–Kier alpha value is -0.370. The second kappa shape index (κ2) is 4.45. The van der Waals surface area contributed by atoms with Crippen LogP contribution in [-0.4, -0.2) is 4.98 Å². The summed E-state index contributed by atoms with van der Waals surface area (Å²) >= 11 is 0. The maximum atomic E-state index is 4.20. The molecule has 0 aliphatic carbocycles. The minimum Gasteiger partial charge on any atom is -0.261 e. The quantitative estimate of drug-likeness (QED) is 0.681. The van der Waals surface area contributed by atoms with Gasteiger partial charge in [-0.1, -0.05) is 13.0 Å². The number of pyridine rings is 1. The molecule has 10 heavy (non-hydrogen) atoms. The van der Waals surface area contributed by atoms with Crippen molar-refractivity contribution in [3.63, 3.8) is 0 Å². The Labute approximate surface area is 72.3 Å². The lowest BCUT2D eigenvalue weighted by Gasteiger charge is -1.97. The van der Waals surface area contributed by atoms with Crippen molar-refractivity contribution in [2.45, 2.75) is 20.3 Å². The molecule has 2 heteroatoms. The van der Waals surface area contributed by atoms with E-state index in [1.165, 1.54) is 11.3 Å². The van der Waals surface area contributed by atoms with Gasteiger partial charge in [0.05, 0.1) is 0 Å². The average molecular weight is 202 g/mol. The van der Waals surface area contributed by atoms with Crippen LogP contribution in [0.5, 0.6) is 0 Å². The van der Waals surface area contributed by atoms with Crippen molar-refractivity contribution in [1.82, 2.24) is 4.98 Å². The molecule has 0 bridgehead atoms. The van der Waals surface area contributed by atoms with Gasteiger partial charge >= 0.3 is 0 Å². The zero-order valence-electron chi connectivity index (χ0n) is 6.29. The first kappa shape index (κ1) is 9.63. The Morgan fingerprint density at radius 3 is 2.60 bits per heavy atom. The normalized spacial score (nSPS) is 8.60. The molecule has 0 saturated heterocycles. The molecular formula is C8H12BrN. The highest BCUT2D eigenvalue weighted by molar-refractivity contribution is 8.93. The SMILES string of the molecule is Br.CCc1ncccc1C. The van der Waals surface area contributed by atoms with Gasteiger partial charge in [-0.05, 0) is 25.0 Å². The van der Waals surface area contributed by atoms with E-state index in [0.717, 1.165) is 6.42 Å². The molecule has 0 fully saturated rings. The van der Waals surface area contributed by atoms with Gasteiger partial charge in [0.2, 0.25) is 0 Å². The molecule has 0 aromatic carbocycles. The molecule has 1 heterocycles. The third kappa shape index (κ3) is 2.10. The molecule has 0 saturated carbocycles. The molecule has 0 N–H and O–H groups in total. The number of hydrogen-bond donors (Lipinski definition) is 0. The third-order valence-corrected chi connectivity index (χ3v) is 1.45. The smallest absolute Gasteiger partial charge is 0.0429 e. The van der Waals surface area contributed by atoms with E-state index >= 15 is 0 Å². The van der Waals surface area contributed by atoms with Crippen LogP contribution >= 0.6 is 17.0 Å².